The molecule has 0 radical (unpaired) electrons. The molecule has 2 aromatic carbocycles. The van der Waals surface area contributed by atoms with Gasteiger partial charge in [-0.1, -0.05) is 41.4 Å². The number of fused-ring (bicyclic) bond motifs is 3. The molecule has 4 rings (SSSR count). The van der Waals surface area contributed by atoms with Crippen LogP contribution in [0.15, 0.2) is 47.6 Å². The molecule has 0 unspecified atom stereocenters. The van der Waals surface area contributed by atoms with Gasteiger partial charge in [-0.15, -0.1) is 0 Å². The quantitative estimate of drug-likeness (QED) is 0.772. The minimum absolute atomic E-state index is 0.0679. The number of rotatable bonds is 1. The smallest absolute Gasteiger partial charge is 0.185 e. The van der Waals surface area contributed by atoms with Gasteiger partial charge in [0, 0.05) is 17.0 Å². The molecule has 112 valence electrons. The van der Waals surface area contributed by atoms with E-state index in [1.54, 1.807) is 0 Å². The number of aryl methyl sites for hydroxylation is 1. The summed E-state index contributed by atoms with van der Waals surface area (Å²) in [5, 5.41) is 7.59. The van der Waals surface area contributed by atoms with Crippen LogP contribution in [0.4, 0.5) is 0 Å². The van der Waals surface area contributed by atoms with Crippen molar-refractivity contribution in [1.82, 2.24) is 5.01 Å². The van der Waals surface area contributed by atoms with E-state index >= 15 is 0 Å². The Morgan fingerprint density at radius 1 is 1.18 bits per heavy atom. The maximum absolute atomic E-state index is 6.16. The van der Waals surface area contributed by atoms with E-state index in [0.29, 0.717) is 0 Å². The zero-order chi connectivity index (χ0) is 15.3. The Morgan fingerprint density at radius 3 is 2.73 bits per heavy atom. The second kappa shape index (κ2) is 5.03. The number of ether oxygens (including phenoxy) is 1. The van der Waals surface area contributed by atoms with Crippen molar-refractivity contribution in [3.63, 3.8) is 0 Å². The van der Waals surface area contributed by atoms with Crippen LogP contribution in [0.3, 0.4) is 0 Å². The maximum Gasteiger partial charge on any atom is 0.185 e. The average Bonchev–Trinajstić information content (AvgIpc) is 2.95. The number of nitrogens with zero attached hydrogens (tertiary/aromatic N) is 2. The van der Waals surface area contributed by atoms with Crippen molar-refractivity contribution in [2.75, 3.05) is 0 Å². The number of benzene rings is 2. The summed E-state index contributed by atoms with van der Waals surface area (Å²) >= 11 is 6.16. The predicted molar refractivity (Wildman–Crippen MR) is 88.5 cm³/mol. The summed E-state index contributed by atoms with van der Waals surface area (Å²) in [6.45, 7) is 4.13. The van der Waals surface area contributed by atoms with Crippen LogP contribution < -0.4 is 4.74 Å². The summed E-state index contributed by atoms with van der Waals surface area (Å²) in [5.74, 6) is 0.915. The van der Waals surface area contributed by atoms with Crippen molar-refractivity contribution < 1.29 is 4.74 Å². The third-order valence-corrected chi connectivity index (χ3v) is 4.56. The first-order valence-corrected chi connectivity index (χ1v) is 7.88. The fourth-order valence-corrected chi connectivity index (χ4v) is 3.34. The fourth-order valence-electron chi connectivity index (χ4n) is 3.16. The highest BCUT2D eigenvalue weighted by Gasteiger charge is 2.38. The lowest BCUT2D eigenvalue weighted by atomic mass is 9.96. The lowest BCUT2D eigenvalue weighted by Crippen LogP contribution is -2.37. The molecule has 2 aromatic rings. The molecule has 0 fully saturated rings. The van der Waals surface area contributed by atoms with E-state index in [1.165, 1.54) is 11.1 Å². The molecule has 22 heavy (non-hydrogen) atoms. The second-order valence-corrected chi connectivity index (χ2v) is 6.35. The van der Waals surface area contributed by atoms with E-state index in [4.69, 9.17) is 21.4 Å². The van der Waals surface area contributed by atoms with Crippen LogP contribution in [0.25, 0.3) is 0 Å². The van der Waals surface area contributed by atoms with Crippen LogP contribution >= 0.6 is 11.6 Å². The lowest BCUT2D eigenvalue weighted by Gasteiger charge is -2.36. The lowest BCUT2D eigenvalue weighted by molar-refractivity contribution is -0.00334. The Morgan fingerprint density at radius 2 is 1.95 bits per heavy atom. The zero-order valence-corrected chi connectivity index (χ0v) is 13.3. The van der Waals surface area contributed by atoms with Crippen molar-refractivity contribution in [3.8, 4) is 5.75 Å². The third-order valence-electron chi connectivity index (χ3n) is 4.33. The molecule has 0 aliphatic carbocycles. The molecule has 2 atom stereocenters. The normalized spacial score (nSPS) is 22.7. The first-order chi connectivity index (χ1) is 10.6. The van der Waals surface area contributed by atoms with Gasteiger partial charge in [-0.25, -0.2) is 0 Å². The number of hydrogen-bond acceptors (Lipinski definition) is 3. The van der Waals surface area contributed by atoms with Crippen LogP contribution in [0.1, 0.15) is 36.1 Å². The van der Waals surface area contributed by atoms with Crippen LogP contribution in [-0.4, -0.2) is 16.9 Å². The minimum atomic E-state index is -0.0679. The van der Waals surface area contributed by atoms with Crippen molar-refractivity contribution in [2.24, 2.45) is 5.10 Å². The van der Waals surface area contributed by atoms with Crippen molar-refractivity contribution in [2.45, 2.75) is 32.5 Å². The van der Waals surface area contributed by atoms with E-state index in [9.17, 15) is 0 Å². The highest BCUT2D eigenvalue weighted by Crippen LogP contribution is 2.43. The Bertz CT molecular complexity index is 754. The Kier molecular flexibility index (Phi) is 3.12. The van der Waals surface area contributed by atoms with Crippen molar-refractivity contribution >= 4 is 17.3 Å². The molecular weight excluding hydrogens is 296 g/mol. The maximum atomic E-state index is 6.16. The standard InChI is InChI=1S/C18H17ClN2O/c1-11-3-5-13(6-4-11)16-10-17-15-9-14(19)7-8-18(15)22-12(2)21(17)20-16/h3-9,12,17H,10H2,1-2H3/t12-,17-/m0/s1. The third kappa shape index (κ3) is 2.17. The SMILES string of the molecule is Cc1ccc(C2=NN3[C@H](C)Oc4ccc(Cl)cc4[C@@H]3C2)cc1. The summed E-state index contributed by atoms with van der Waals surface area (Å²) in [6, 6.07) is 14.5. The molecular formula is C18H17ClN2O. The molecule has 0 aromatic heterocycles. The van der Waals surface area contributed by atoms with E-state index in [-0.39, 0.29) is 12.3 Å². The van der Waals surface area contributed by atoms with Crippen molar-refractivity contribution in [3.05, 3.63) is 64.2 Å². The largest absolute Gasteiger partial charge is 0.469 e. The molecule has 0 amide bonds. The molecule has 2 aliphatic rings. The molecule has 0 spiro atoms. The minimum Gasteiger partial charge on any atom is -0.469 e. The Hall–Kier alpha value is -2.00. The van der Waals surface area contributed by atoms with Gasteiger partial charge in [0.1, 0.15) is 5.75 Å². The molecule has 2 heterocycles. The van der Waals surface area contributed by atoms with Gasteiger partial charge in [0.25, 0.3) is 0 Å². The van der Waals surface area contributed by atoms with E-state index in [2.05, 4.69) is 31.2 Å². The molecule has 0 N–H and O–H groups in total. The van der Waals surface area contributed by atoms with Crippen LogP contribution in [0.2, 0.25) is 5.02 Å². The molecule has 2 aliphatic heterocycles. The average molecular weight is 313 g/mol. The Labute approximate surface area is 135 Å². The van der Waals surface area contributed by atoms with Gasteiger partial charge < -0.3 is 4.74 Å². The zero-order valence-electron chi connectivity index (χ0n) is 12.6. The van der Waals surface area contributed by atoms with Crippen LogP contribution in [0, 0.1) is 6.92 Å². The fraction of sp³-hybridized carbons (Fsp3) is 0.278. The summed E-state index contributed by atoms with van der Waals surface area (Å²) in [5.41, 5.74) is 4.66. The summed E-state index contributed by atoms with van der Waals surface area (Å²) in [6.07, 6.45) is 0.811. The molecule has 0 bridgehead atoms. The summed E-state index contributed by atoms with van der Waals surface area (Å²) in [4.78, 5) is 0. The molecule has 0 saturated heterocycles. The van der Waals surface area contributed by atoms with E-state index in [0.717, 1.165) is 28.5 Å². The molecule has 3 nitrogen and oxygen atoms in total. The van der Waals surface area contributed by atoms with Crippen LogP contribution in [-0.2, 0) is 0 Å². The van der Waals surface area contributed by atoms with Gasteiger partial charge in [0.2, 0.25) is 0 Å². The number of hydrogen-bond donors (Lipinski definition) is 0. The van der Waals surface area contributed by atoms with Gasteiger partial charge >= 0.3 is 0 Å². The van der Waals surface area contributed by atoms with E-state index in [1.807, 2.05) is 30.1 Å². The van der Waals surface area contributed by atoms with E-state index < -0.39 is 0 Å². The monoisotopic (exact) mass is 312 g/mol. The number of halogens is 1. The Balaban J connectivity index is 1.72. The summed E-state index contributed by atoms with van der Waals surface area (Å²) in [7, 11) is 0. The first-order valence-electron chi connectivity index (χ1n) is 7.51. The summed E-state index contributed by atoms with van der Waals surface area (Å²) < 4.78 is 5.96. The van der Waals surface area contributed by atoms with Gasteiger partial charge in [0.15, 0.2) is 6.23 Å². The molecule has 0 saturated carbocycles. The van der Waals surface area contributed by atoms with Gasteiger partial charge in [-0.2, -0.15) is 5.10 Å². The van der Waals surface area contributed by atoms with Crippen molar-refractivity contribution in [1.29, 1.82) is 0 Å². The highest BCUT2D eigenvalue weighted by atomic mass is 35.5. The van der Waals surface area contributed by atoms with Gasteiger partial charge in [0.05, 0.1) is 11.8 Å². The first kappa shape index (κ1) is 13.6. The van der Waals surface area contributed by atoms with Gasteiger partial charge in [-0.05, 0) is 37.6 Å². The molecule has 4 heteroatoms. The topological polar surface area (TPSA) is 24.8 Å². The highest BCUT2D eigenvalue weighted by molar-refractivity contribution is 6.30. The van der Waals surface area contributed by atoms with Gasteiger partial charge in [-0.3, -0.25) is 5.01 Å². The predicted octanol–water partition coefficient (Wildman–Crippen LogP) is 4.54. The second-order valence-electron chi connectivity index (χ2n) is 5.91. The number of hydrazone groups is 1. The van der Waals surface area contributed by atoms with Crippen LogP contribution in [0.5, 0.6) is 5.75 Å².